The van der Waals surface area contributed by atoms with Crippen LogP contribution in [0.5, 0.6) is 5.88 Å². The fraction of sp³-hybridized carbons (Fsp3) is 0.273. The van der Waals surface area contributed by atoms with Gasteiger partial charge in [0.15, 0.2) is 0 Å². The highest BCUT2D eigenvalue weighted by Crippen LogP contribution is 2.29. The topological polar surface area (TPSA) is 109 Å². The number of pyridine rings is 1. The third kappa shape index (κ3) is 4.74. The van der Waals surface area contributed by atoms with Crippen LogP contribution in [0.1, 0.15) is 31.1 Å². The second-order valence-electron chi connectivity index (χ2n) is 8.17. The molecule has 0 aliphatic carbocycles. The lowest BCUT2D eigenvalue weighted by Gasteiger charge is -2.33. The van der Waals surface area contributed by atoms with Crippen LogP contribution in [0.25, 0.3) is 0 Å². The highest BCUT2D eigenvalue weighted by Gasteiger charge is 2.31. The number of halogens is 2. The van der Waals surface area contributed by atoms with Crippen LogP contribution < -0.4 is 31.5 Å². The van der Waals surface area contributed by atoms with Gasteiger partial charge in [-0.05, 0) is 24.3 Å². The van der Waals surface area contributed by atoms with Gasteiger partial charge >= 0.3 is 0 Å². The summed E-state index contributed by atoms with van der Waals surface area (Å²) < 4.78 is 32.1. The van der Waals surface area contributed by atoms with E-state index in [4.69, 9.17) is 4.74 Å². The Hall–Kier alpha value is -3.82. The van der Waals surface area contributed by atoms with E-state index in [9.17, 15) is 23.2 Å². The number of rotatable bonds is 7. The zero-order valence-electron chi connectivity index (χ0n) is 17.9. The monoisotopic (exact) mass is 444 g/mol. The first kappa shape index (κ1) is 22.9. The third-order valence-electron chi connectivity index (χ3n) is 4.69. The number of methoxy groups -OCH3 is 1. The molecule has 0 saturated heterocycles. The number of hydrogen-bond acceptors (Lipinski definition) is 7. The van der Waals surface area contributed by atoms with Crippen molar-refractivity contribution >= 4 is 23.0 Å². The predicted octanol–water partition coefficient (Wildman–Crippen LogP) is 2.92. The number of ether oxygens (including phenoxy) is 1. The van der Waals surface area contributed by atoms with Gasteiger partial charge < -0.3 is 20.7 Å². The lowest BCUT2D eigenvalue weighted by Crippen LogP contribution is -2.51. The van der Waals surface area contributed by atoms with Crippen molar-refractivity contribution in [3.05, 3.63) is 74.2 Å². The van der Waals surface area contributed by atoms with Crippen LogP contribution >= 0.6 is 0 Å². The van der Waals surface area contributed by atoms with Gasteiger partial charge in [-0.15, -0.1) is 0 Å². The van der Waals surface area contributed by atoms with E-state index in [1.165, 1.54) is 13.3 Å². The molecule has 2 aromatic carbocycles. The molecular formula is C22H22F2N4O4. The Morgan fingerprint density at radius 1 is 1.06 bits per heavy atom. The van der Waals surface area contributed by atoms with Crippen molar-refractivity contribution in [1.29, 1.82) is 0 Å². The van der Waals surface area contributed by atoms with E-state index in [0.29, 0.717) is 11.8 Å². The van der Waals surface area contributed by atoms with Gasteiger partial charge in [-0.1, -0.05) is 20.8 Å². The standard InChI is InChI=1S/C22H22F2N4O4/c1-22(2,3)21(28-19(31)11-8-12(23)10-13(24)9-11)27-16-15(17(29)18(16)30)26-14-6-5-7-25-20(14)32-4/h5-10,21,26-27H,1-4H3,(H,28,31). The molecule has 0 aliphatic rings. The number of benzene rings is 1. The Bertz CT molecular complexity index is 1210. The molecule has 3 rings (SSSR count). The number of carbonyl (C=O) groups is 1. The highest BCUT2D eigenvalue weighted by atomic mass is 19.1. The summed E-state index contributed by atoms with van der Waals surface area (Å²) in [5.41, 5.74) is -2.06. The summed E-state index contributed by atoms with van der Waals surface area (Å²) in [4.78, 5) is 41.1. The van der Waals surface area contributed by atoms with Crippen molar-refractivity contribution in [2.45, 2.75) is 26.9 Å². The third-order valence-corrected chi connectivity index (χ3v) is 4.69. The minimum atomic E-state index is -0.894. The van der Waals surface area contributed by atoms with E-state index >= 15 is 0 Å². The Morgan fingerprint density at radius 3 is 2.28 bits per heavy atom. The van der Waals surface area contributed by atoms with Gasteiger partial charge in [-0.2, -0.15) is 0 Å². The molecule has 3 N–H and O–H groups in total. The molecule has 3 aromatic rings. The van der Waals surface area contributed by atoms with Crippen molar-refractivity contribution in [3.8, 4) is 5.88 Å². The molecule has 0 fully saturated rings. The Labute approximate surface area is 182 Å². The average Bonchev–Trinajstić information content (AvgIpc) is 2.73. The van der Waals surface area contributed by atoms with Gasteiger partial charge in [0, 0.05) is 23.2 Å². The van der Waals surface area contributed by atoms with E-state index in [1.54, 1.807) is 32.9 Å². The van der Waals surface area contributed by atoms with Crippen LogP contribution in [-0.4, -0.2) is 24.2 Å². The number of nitrogens with zero attached hydrogens (tertiary/aromatic N) is 1. The quantitative estimate of drug-likeness (QED) is 0.380. The van der Waals surface area contributed by atoms with Crippen LogP contribution in [0.15, 0.2) is 46.1 Å². The minimum Gasteiger partial charge on any atom is -0.480 e. The molecule has 10 heteroatoms. The second-order valence-corrected chi connectivity index (χ2v) is 8.17. The van der Waals surface area contributed by atoms with Crippen molar-refractivity contribution in [2.75, 3.05) is 17.7 Å². The van der Waals surface area contributed by atoms with Gasteiger partial charge in [0.05, 0.1) is 7.11 Å². The molecule has 8 nitrogen and oxygen atoms in total. The molecule has 0 aliphatic heterocycles. The van der Waals surface area contributed by atoms with Gasteiger partial charge in [-0.3, -0.25) is 14.4 Å². The lowest BCUT2D eigenvalue weighted by atomic mass is 9.91. The number of nitrogens with one attached hydrogen (secondary N) is 3. The Morgan fingerprint density at radius 2 is 1.69 bits per heavy atom. The summed E-state index contributed by atoms with van der Waals surface area (Å²) in [6, 6.07) is 5.70. The summed E-state index contributed by atoms with van der Waals surface area (Å²) in [6.07, 6.45) is 0.645. The fourth-order valence-electron chi connectivity index (χ4n) is 2.94. The van der Waals surface area contributed by atoms with Crippen molar-refractivity contribution in [3.63, 3.8) is 0 Å². The van der Waals surface area contributed by atoms with Crippen molar-refractivity contribution < 1.29 is 18.3 Å². The molecule has 0 spiro atoms. The maximum atomic E-state index is 13.5. The van der Waals surface area contributed by atoms with Gasteiger partial charge in [0.2, 0.25) is 5.88 Å². The zero-order chi connectivity index (χ0) is 23.6. The van der Waals surface area contributed by atoms with Gasteiger partial charge in [0.25, 0.3) is 16.8 Å². The molecule has 0 bridgehead atoms. The highest BCUT2D eigenvalue weighted by molar-refractivity contribution is 5.94. The van der Waals surface area contributed by atoms with Crippen LogP contribution in [-0.2, 0) is 0 Å². The number of anilines is 3. The van der Waals surface area contributed by atoms with Crippen LogP contribution in [0.4, 0.5) is 25.8 Å². The Kier molecular flexibility index (Phi) is 6.24. The smallest absolute Gasteiger partial charge is 0.253 e. The summed E-state index contributed by atoms with van der Waals surface area (Å²) in [6.45, 7) is 5.33. The van der Waals surface area contributed by atoms with Crippen LogP contribution in [0.3, 0.4) is 0 Å². The molecule has 1 atom stereocenters. The number of amides is 1. The molecule has 168 valence electrons. The largest absolute Gasteiger partial charge is 0.480 e. The van der Waals surface area contributed by atoms with Gasteiger partial charge in [-0.25, -0.2) is 13.8 Å². The summed E-state index contributed by atoms with van der Waals surface area (Å²) in [7, 11) is 1.41. The van der Waals surface area contributed by atoms with E-state index in [-0.39, 0.29) is 22.8 Å². The molecule has 1 amide bonds. The first-order chi connectivity index (χ1) is 15.0. The minimum absolute atomic E-state index is 0.0124. The molecule has 1 unspecified atom stereocenters. The van der Waals surface area contributed by atoms with Crippen LogP contribution in [0, 0.1) is 17.0 Å². The number of carbonyl (C=O) groups excluding carboxylic acids is 1. The van der Waals surface area contributed by atoms with Crippen molar-refractivity contribution in [2.24, 2.45) is 5.41 Å². The molecule has 0 radical (unpaired) electrons. The fourth-order valence-corrected chi connectivity index (χ4v) is 2.94. The lowest BCUT2D eigenvalue weighted by molar-refractivity contribution is 0.0912. The number of aromatic nitrogens is 1. The molecule has 1 heterocycles. The summed E-state index contributed by atoms with van der Waals surface area (Å²) >= 11 is 0. The average molecular weight is 444 g/mol. The maximum Gasteiger partial charge on any atom is 0.253 e. The second kappa shape index (κ2) is 8.74. The van der Waals surface area contributed by atoms with Crippen LogP contribution in [0.2, 0.25) is 0 Å². The Balaban J connectivity index is 1.87. The van der Waals surface area contributed by atoms with E-state index in [1.807, 2.05) is 0 Å². The molecule has 32 heavy (non-hydrogen) atoms. The van der Waals surface area contributed by atoms with Crippen molar-refractivity contribution in [1.82, 2.24) is 10.3 Å². The van der Waals surface area contributed by atoms with E-state index in [0.717, 1.165) is 12.1 Å². The molecular weight excluding hydrogens is 422 g/mol. The number of hydrogen-bond donors (Lipinski definition) is 3. The summed E-state index contributed by atoms with van der Waals surface area (Å²) in [5.74, 6) is -2.32. The maximum absolute atomic E-state index is 13.5. The van der Waals surface area contributed by atoms with E-state index < -0.39 is 40.0 Å². The molecule has 0 saturated carbocycles. The summed E-state index contributed by atoms with van der Waals surface area (Å²) in [5, 5.41) is 8.33. The zero-order valence-corrected chi connectivity index (χ0v) is 17.9. The first-order valence-corrected chi connectivity index (χ1v) is 9.64. The van der Waals surface area contributed by atoms with E-state index in [2.05, 4.69) is 20.9 Å². The van der Waals surface area contributed by atoms with Gasteiger partial charge in [0.1, 0.15) is 34.9 Å². The SMILES string of the molecule is COc1ncccc1Nc1c(NC(NC(=O)c2cc(F)cc(F)c2)C(C)(C)C)c(=O)c1=O. The predicted molar refractivity (Wildman–Crippen MR) is 116 cm³/mol. The normalized spacial score (nSPS) is 12.3. The first-order valence-electron chi connectivity index (χ1n) is 9.64. The molecule has 1 aromatic heterocycles.